The molecular formula is C13H19N3O5S. The minimum atomic E-state index is -3.97. The number of rotatable bonds is 6. The SMILES string of the molecule is Cc1ccc(S(=O)(=O)N(C)CC(=O)NC(C)C)cc1[N+](=O)[O-]. The van der Waals surface area contributed by atoms with Gasteiger partial charge in [-0.2, -0.15) is 4.31 Å². The molecule has 0 heterocycles. The van der Waals surface area contributed by atoms with Crippen molar-refractivity contribution in [1.82, 2.24) is 9.62 Å². The van der Waals surface area contributed by atoms with Crippen molar-refractivity contribution in [1.29, 1.82) is 0 Å². The Labute approximate surface area is 129 Å². The summed E-state index contributed by atoms with van der Waals surface area (Å²) in [5.41, 5.74) is 0.0882. The van der Waals surface area contributed by atoms with Crippen molar-refractivity contribution in [3.8, 4) is 0 Å². The molecule has 22 heavy (non-hydrogen) atoms. The summed E-state index contributed by atoms with van der Waals surface area (Å²) in [4.78, 5) is 21.7. The van der Waals surface area contributed by atoms with Gasteiger partial charge in [-0.15, -0.1) is 0 Å². The molecule has 0 bridgehead atoms. The fraction of sp³-hybridized carbons (Fsp3) is 0.462. The Morgan fingerprint density at radius 3 is 2.50 bits per heavy atom. The van der Waals surface area contributed by atoms with Crippen LogP contribution in [0, 0.1) is 17.0 Å². The lowest BCUT2D eigenvalue weighted by atomic mass is 10.2. The molecule has 0 fully saturated rings. The molecule has 1 amide bonds. The van der Waals surface area contributed by atoms with Crippen LogP contribution in [0.1, 0.15) is 19.4 Å². The van der Waals surface area contributed by atoms with Gasteiger partial charge in [-0.3, -0.25) is 14.9 Å². The van der Waals surface area contributed by atoms with Gasteiger partial charge in [0, 0.05) is 24.7 Å². The van der Waals surface area contributed by atoms with Gasteiger partial charge < -0.3 is 5.32 Å². The smallest absolute Gasteiger partial charge is 0.273 e. The van der Waals surface area contributed by atoms with Gasteiger partial charge in [-0.1, -0.05) is 6.07 Å². The maximum Gasteiger partial charge on any atom is 0.273 e. The molecule has 1 aromatic carbocycles. The number of aryl methyl sites for hydroxylation is 1. The minimum Gasteiger partial charge on any atom is -0.353 e. The number of nitro groups is 1. The van der Waals surface area contributed by atoms with E-state index >= 15 is 0 Å². The summed E-state index contributed by atoms with van der Waals surface area (Å²) in [7, 11) is -2.72. The molecule has 0 spiro atoms. The van der Waals surface area contributed by atoms with Gasteiger partial charge in [-0.25, -0.2) is 8.42 Å². The van der Waals surface area contributed by atoms with Gasteiger partial charge in [0.15, 0.2) is 0 Å². The number of likely N-dealkylation sites (N-methyl/N-ethyl adjacent to an activating group) is 1. The molecule has 0 aliphatic rings. The van der Waals surface area contributed by atoms with Crippen molar-refractivity contribution < 1.29 is 18.1 Å². The summed E-state index contributed by atoms with van der Waals surface area (Å²) in [5.74, 6) is -0.442. The molecule has 0 saturated heterocycles. The maximum atomic E-state index is 12.4. The zero-order valence-corrected chi connectivity index (χ0v) is 13.7. The lowest BCUT2D eigenvalue weighted by Crippen LogP contribution is -2.40. The number of benzene rings is 1. The van der Waals surface area contributed by atoms with Crippen LogP contribution < -0.4 is 5.32 Å². The standard InChI is InChI=1S/C13H19N3O5S/c1-9(2)14-13(17)8-15(4)22(20,21)11-6-5-10(3)12(7-11)16(18)19/h5-7,9H,8H2,1-4H3,(H,14,17). The van der Waals surface area contributed by atoms with Crippen LogP contribution in [0.25, 0.3) is 0 Å². The molecule has 1 aromatic rings. The molecule has 0 radical (unpaired) electrons. The average molecular weight is 329 g/mol. The molecule has 0 atom stereocenters. The highest BCUT2D eigenvalue weighted by molar-refractivity contribution is 7.89. The summed E-state index contributed by atoms with van der Waals surface area (Å²) in [6.07, 6.45) is 0. The van der Waals surface area contributed by atoms with Crippen molar-refractivity contribution >= 4 is 21.6 Å². The van der Waals surface area contributed by atoms with Crippen LogP contribution in [-0.4, -0.2) is 43.2 Å². The number of carbonyl (C=O) groups excluding carboxylic acids is 1. The highest BCUT2D eigenvalue weighted by atomic mass is 32.2. The Bertz CT molecular complexity index is 685. The van der Waals surface area contributed by atoms with Crippen LogP contribution in [-0.2, 0) is 14.8 Å². The molecule has 1 rings (SSSR count). The molecule has 9 heteroatoms. The fourth-order valence-corrected chi connectivity index (χ4v) is 2.93. The normalized spacial score (nSPS) is 11.7. The summed E-state index contributed by atoms with van der Waals surface area (Å²) in [5, 5.41) is 13.5. The molecule has 0 aliphatic heterocycles. The van der Waals surface area contributed by atoms with E-state index in [-0.39, 0.29) is 23.2 Å². The first-order valence-corrected chi connectivity index (χ1v) is 8.00. The Morgan fingerprint density at radius 1 is 1.41 bits per heavy atom. The van der Waals surface area contributed by atoms with Crippen molar-refractivity contribution in [2.45, 2.75) is 31.7 Å². The predicted molar refractivity (Wildman–Crippen MR) is 80.9 cm³/mol. The van der Waals surface area contributed by atoms with E-state index in [4.69, 9.17) is 0 Å². The third kappa shape index (κ3) is 4.25. The van der Waals surface area contributed by atoms with Crippen molar-refractivity contribution in [2.24, 2.45) is 0 Å². The average Bonchev–Trinajstić information content (AvgIpc) is 2.37. The number of amides is 1. The number of carbonyl (C=O) groups is 1. The molecule has 1 N–H and O–H groups in total. The molecule has 0 aromatic heterocycles. The lowest BCUT2D eigenvalue weighted by Gasteiger charge is -2.18. The Hall–Kier alpha value is -2.00. The number of nitro benzene ring substituents is 1. The first kappa shape index (κ1) is 18.1. The van der Waals surface area contributed by atoms with Crippen LogP contribution in [0.2, 0.25) is 0 Å². The zero-order chi connectivity index (χ0) is 17.1. The Kier molecular flexibility index (Phi) is 5.61. The van der Waals surface area contributed by atoms with Crippen molar-refractivity contribution in [3.05, 3.63) is 33.9 Å². The fourth-order valence-electron chi connectivity index (χ4n) is 1.78. The van der Waals surface area contributed by atoms with Gasteiger partial charge in [0.25, 0.3) is 5.69 Å². The topological polar surface area (TPSA) is 110 Å². The third-order valence-corrected chi connectivity index (χ3v) is 4.70. The van der Waals surface area contributed by atoms with Gasteiger partial charge in [-0.05, 0) is 26.8 Å². The monoisotopic (exact) mass is 329 g/mol. The van der Waals surface area contributed by atoms with E-state index in [2.05, 4.69) is 5.32 Å². The quantitative estimate of drug-likeness (QED) is 0.619. The highest BCUT2D eigenvalue weighted by Gasteiger charge is 2.25. The van der Waals surface area contributed by atoms with Gasteiger partial charge in [0.1, 0.15) is 0 Å². The number of hydrogen-bond acceptors (Lipinski definition) is 5. The second-order valence-electron chi connectivity index (χ2n) is 5.19. The van der Waals surface area contributed by atoms with E-state index in [1.807, 2.05) is 0 Å². The van der Waals surface area contributed by atoms with Crippen LogP contribution in [0.5, 0.6) is 0 Å². The van der Waals surface area contributed by atoms with E-state index in [0.29, 0.717) is 5.56 Å². The largest absolute Gasteiger partial charge is 0.353 e. The van der Waals surface area contributed by atoms with Gasteiger partial charge in [0.05, 0.1) is 16.4 Å². The third-order valence-electron chi connectivity index (χ3n) is 2.90. The molecule has 0 saturated carbocycles. The summed E-state index contributed by atoms with van der Waals surface area (Å²) in [6, 6.07) is 3.55. The van der Waals surface area contributed by atoms with E-state index < -0.39 is 20.9 Å². The number of nitrogens with zero attached hydrogens (tertiary/aromatic N) is 2. The number of nitrogens with one attached hydrogen (secondary N) is 1. The first-order valence-electron chi connectivity index (χ1n) is 6.56. The van der Waals surface area contributed by atoms with E-state index in [1.54, 1.807) is 13.8 Å². The molecule has 0 aliphatic carbocycles. The van der Waals surface area contributed by atoms with Crippen molar-refractivity contribution in [3.63, 3.8) is 0 Å². The Balaban J connectivity index is 3.06. The highest BCUT2D eigenvalue weighted by Crippen LogP contribution is 2.23. The predicted octanol–water partition coefficient (Wildman–Crippen LogP) is 1.05. The van der Waals surface area contributed by atoms with Crippen molar-refractivity contribution in [2.75, 3.05) is 13.6 Å². The number of sulfonamides is 1. The van der Waals surface area contributed by atoms with Gasteiger partial charge in [0.2, 0.25) is 15.9 Å². The second-order valence-corrected chi connectivity index (χ2v) is 7.23. The summed E-state index contributed by atoms with van der Waals surface area (Å²) >= 11 is 0. The molecule has 8 nitrogen and oxygen atoms in total. The van der Waals surface area contributed by atoms with Crippen LogP contribution in [0.15, 0.2) is 23.1 Å². The minimum absolute atomic E-state index is 0.107. The van der Waals surface area contributed by atoms with E-state index in [9.17, 15) is 23.3 Å². The number of hydrogen-bond donors (Lipinski definition) is 1. The zero-order valence-electron chi connectivity index (χ0n) is 12.9. The maximum absolute atomic E-state index is 12.4. The van der Waals surface area contributed by atoms with Gasteiger partial charge >= 0.3 is 0 Å². The van der Waals surface area contributed by atoms with Crippen LogP contribution in [0.3, 0.4) is 0 Å². The van der Waals surface area contributed by atoms with Crippen LogP contribution in [0.4, 0.5) is 5.69 Å². The van der Waals surface area contributed by atoms with Crippen LogP contribution >= 0.6 is 0 Å². The Morgan fingerprint density at radius 2 is 2.00 bits per heavy atom. The molecular weight excluding hydrogens is 310 g/mol. The summed E-state index contributed by atoms with van der Waals surface area (Å²) in [6.45, 7) is 4.68. The molecule has 122 valence electrons. The first-order chi connectivity index (χ1) is 10.1. The van der Waals surface area contributed by atoms with E-state index in [1.165, 1.54) is 26.1 Å². The summed E-state index contributed by atoms with van der Waals surface area (Å²) < 4.78 is 25.6. The lowest BCUT2D eigenvalue weighted by molar-refractivity contribution is -0.385. The molecule has 0 unspecified atom stereocenters. The van der Waals surface area contributed by atoms with E-state index in [0.717, 1.165) is 10.4 Å². The second kappa shape index (κ2) is 6.84.